The van der Waals surface area contributed by atoms with Crippen LogP contribution in [0.4, 0.5) is 0 Å². The summed E-state index contributed by atoms with van der Waals surface area (Å²) < 4.78 is 12.0. The number of rotatable bonds is 6. The predicted molar refractivity (Wildman–Crippen MR) is 120 cm³/mol. The number of fused-ring (bicyclic) bond motifs is 2. The largest absolute Gasteiger partial charge is 0.454 e. The first-order valence-electron chi connectivity index (χ1n) is 10.9. The van der Waals surface area contributed by atoms with E-state index in [1.165, 1.54) is 10.5 Å². The van der Waals surface area contributed by atoms with Gasteiger partial charge in [-0.05, 0) is 81.1 Å². The van der Waals surface area contributed by atoms with Crippen molar-refractivity contribution in [3.63, 3.8) is 0 Å². The number of nitrogens with zero attached hydrogens (tertiary/aromatic N) is 2. The van der Waals surface area contributed by atoms with E-state index in [1.54, 1.807) is 24.3 Å². The smallest absolute Gasteiger partial charge is 0.261 e. The fraction of sp³-hybridized carbons (Fsp3) is 0.417. The number of likely N-dealkylation sites (tertiary alicyclic amines) is 1. The Labute approximate surface area is 190 Å². The molecule has 0 bridgehead atoms. The number of ether oxygens (including phenoxy) is 2. The van der Waals surface area contributed by atoms with E-state index in [4.69, 9.17) is 9.47 Å². The van der Waals surface area contributed by atoms with Gasteiger partial charge < -0.3 is 14.4 Å². The zero-order valence-electron chi connectivity index (χ0n) is 17.3. The lowest BCUT2D eigenvalue weighted by Crippen LogP contribution is -2.37. The first-order chi connectivity index (χ1) is 15.1. The summed E-state index contributed by atoms with van der Waals surface area (Å²) in [5, 5.41) is 0. The van der Waals surface area contributed by atoms with Crippen molar-refractivity contribution in [1.82, 2.24) is 9.80 Å². The van der Waals surface area contributed by atoms with Crippen LogP contribution in [0.15, 0.2) is 40.9 Å². The lowest BCUT2D eigenvalue weighted by atomic mass is 9.90. The summed E-state index contributed by atoms with van der Waals surface area (Å²) in [6, 6.07) is 11.2. The van der Waals surface area contributed by atoms with Crippen LogP contribution in [0, 0.1) is 5.92 Å². The van der Waals surface area contributed by atoms with Crippen molar-refractivity contribution >= 4 is 27.7 Å². The Hall–Kier alpha value is -2.38. The Morgan fingerprint density at radius 1 is 0.935 bits per heavy atom. The highest BCUT2D eigenvalue weighted by Crippen LogP contribution is 2.38. The normalized spacial score (nSPS) is 18.7. The Bertz CT molecular complexity index is 982. The second kappa shape index (κ2) is 8.63. The van der Waals surface area contributed by atoms with E-state index < -0.39 is 0 Å². The van der Waals surface area contributed by atoms with Crippen molar-refractivity contribution in [1.29, 1.82) is 0 Å². The van der Waals surface area contributed by atoms with Gasteiger partial charge in [-0.3, -0.25) is 14.5 Å². The van der Waals surface area contributed by atoms with Crippen molar-refractivity contribution in [2.75, 3.05) is 33.0 Å². The minimum absolute atomic E-state index is 0.159. The molecule has 0 saturated carbocycles. The van der Waals surface area contributed by atoms with Crippen molar-refractivity contribution in [2.24, 2.45) is 5.92 Å². The van der Waals surface area contributed by atoms with Gasteiger partial charge in [0.15, 0.2) is 11.5 Å². The Morgan fingerprint density at radius 3 is 2.26 bits per heavy atom. The fourth-order valence-corrected chi connectivity index (χ4v) is 5.22. The maximum Gasteiger partial charge on any atom is 0.261 e. The van der Waals surface area contributed by atoms with Gasteiger partial charge in [0.25, 0.3) is 11.8 Å². The summed E-state index contributed by atoms with van der Waals surface area (Å²) in [6.07, 6.45) is 4.13. The molecule has 0 aliphatic carbocycles. The zero-order chi connectivity index (χ0) is 21.4. The number of halogens is 1. The van der Waals surface area contributed by atoms with Gasteiger partial charge >= 0.3 is 0 Å². The number of hydrogen-bond acceptors (Lipinski definition) is 5. The predicted octanol–water partition coefficient (Wildman–Crippen LogP) is 4.12. The van der Waals surface area contributed by atoms with E-state index in [2.05, 4.69) is 26.9 Å². The van der Waals surface area contributed by atoms with Crippen LogP contribution in [0.3, 0.4) is 0 Å². The van der Waals surface area contributed by atoms with Gasteiger partial charge in [-0.1, -0.05) is 28.1 Å². The molecule has 2 aromatic rings. The molecule has 0 aromatic heterocycles. The number of carbonyl (C=O) groups is 2. The molecular weight excluding hydrogens is 460 g/mol. The Morgan fingerprint density at radius 2 is 1.58 bits per heavy atom. The second-order valence-electron chi connectivity index (χ2n) is 8.45. The monoisotopic (exact) mass is 484 g/mol. The second-order valence-corrected chi connectivity index (χ2v) is 9.30. The standard InChI is InChI=1S/C24H25BrN2O4/c25-20-14-22-21(30-15-31-22)13-17(20)12-16-6-10-26(11-7-16)8-3-9-27-23(28)18-4-1-2-5-19(18)24(27)29/h1-2,4-5,13-14,16H,3,6-12,15H2. The molecule has 0 atom stereocenters. The lowest BCUT2D eigenvalue weighted by molar-refractivity contribution is 0.0644. The average Bonchev–Trinajstić information content (AvgIpc) is 3.33. The van der Waals surface area contributed by atoms with Gasteiger partial charge in [-0.15, -0.1) is 0 Å². The molecule has 3 aliphatic heterocycles. The molecule has 5 rings (SSSR count). The Kier molecular flexibility index (Phi) is 5.71. The van der Waals surface area contributed by atoms with E-state index >= 15 is 0 Å². The van der Waals surface area contributed by atoms with E-state index in [9.17, 15) is 9.59 Å². The molecule has 31 heavy (non-hydrogen) atoms. The van der Waals surface area contributed by atoms with Crippen LogP contribution in [0.2, 0.25) is 0 Å². The minimum Gasteiger partial charge on any atom is -0.454 e. The molecule has 3 heterocycles. The quantitative estimate of drug-likeness (QED) is 0.577. The molecule has 0 N–H and O–H groups in total. The summed E-state index contributed by atoms with van der Waals surface area (Å²) in [6.45, 7) is 3.79. The molecule has 0 spiro atoms. The van der Waals surface area contributed by atoms with Crippen molar-refractivity contribution in [3.05, 3.63) is 57.6 Å². The van der Waals surface area contributed by atoms with Crippen LogP contribution < -0.4 is 9.47 Å². The van der Waals surface area contributed by atoms with Crippen molar-refractivity contribution < 1.29 is 19.1 Å². The number of carbonyl (C=O) groups excluding carboxylic acids is 2. The maximum absolute atomic E-state index is 12.5. The van der Waals surface area contributed by atoms with E-state index in [1.807, 2.05) is 6.07 Å². The first-order valence-corrected chi connectivity index (χ1v) is 11.6. The van der Waals surface area contributed by atoms with Crippen LogP contribution in [-0.4, -0.2) is 54.6 Å². The summed E-state index contributed by atoms with van der Waals surface area (Å²) >= 11 is 3.67. The topological polar surface area (TPSA) is 59.1 Å². The Balaban J connectivity index is 1.08. The van der Waals surface area contributed by atoms with Crippen LogP contribution >= 0.6 is 15.9 Å². The zero-order valence-corrected chi connectivity index (χ0v) is 18.9. The van der Waals surface area contributed by atoms with Crippen LogP contribution in [0.5, 0.6) is 11.5 Å². The summed E-state index contributed by atoms with van der Waals surface area (Å²) in [4.78, 5) is 28.8. The number of hydrogen-bond donors (Lipinski definition) is 0. The molecule has 1 fully saturated rings. The highest BCUT2D eigenvalue weighted by atomic mass is 79.9. The SMILES string of the molecule is O=C1c2ccccc2C(=O)N1CCCN1CCC(Cc2cc3c(cc2Br)OCO3)CC1. The minimum atomic E-state index is -0.159. The number of benzene rings is 2. The van der Waals surface area contributed by atoms with Gasteiger partial charge in [0, 0.05) is 11.0 Å². The first kappa shape index (κ1) is 20.5. The third-order valence-electron chi connectivity index (χ3n) is 6.49. The van der Waals surface area contributed by atoms with Gasteiger partial charge in [0.2, 0.25) is 6.79 Å². The van der Waals surface area contributed by atoms with Gasteiger partial charge in [-0.25, -0.2) is 0 Å². The number of imide groups is 1. The number of piperidine rings is 1. The molecule has 3 aliphatic rings. The van der Waals surface area contributed by atoms with Crippen LogP contribution in [-0.2, 0) is 6.42 Å². The molecule has 7 heteroatoms. The lowest BCUT2D eigenvalue weighted by Gasteiger charge is -2.32. The third kappa shape index (κ3) is 4.08. The summed E-state index contributed by atoms with van der Waals surface area (Å²) in [5.41, 5.74) is 2.33. The van der Waals surface area contributed by atoms with Crippen LogP contribution in [0.1, 0.15) is 45.5 Å². The molecule has 0 unspecified atom stereocenters. The van der Waals surface area contributed by atoms with Gasteiger partial charge in [-0.2, -0.15) is 0 Å². The van der Waals surface area contributed by atoms with Gasteiger partial charge in [0.1, 0.15) is 0 Å². The summed E-state index contributed by atoms with van der Waals surface area (Å²) in [7, 11) is 0. The molecule has 0 radical (unpaired) electrons. The van der Waals surface area contributed by atoms with E-state index in [0.29, 0.717) is 30.4 Å². The molecule has 6 nitrogen and oxygen atoms in total. The highest BCUT2D eigenvalue weighted by Gasteiger charge is 2.34. The van der Waals surface area contributed by atoms with Crippen molar-refractivity contribution in [2.45, 2.75) is 25.7 Å². The molecule has 162 valence electrons. The van der Waals surface area contributed by atoms with E-state index in [-0.39, 0.29) is 11.8 Å². The van der Waals surface area contributed by atoms with Crippen molar-refractivity contribution in [3.8, 4) is 11.5 Å². The molecule has 2 aromatic carbocycles. The van der Waals surface area contributed by atoms with E-state index in [0.717, 1.165) is 61.3 Å². The fourth-order valence-electron chi connectivity index (χ4n) is 4.74. The molecular formula is C24H25BrN2O4. The summed E-state index contributed by atoms with van der Waals surface area (Å²) in [5.74, 6) is 1.97. The number of amides is 2. The van der Waals surface area contributed by atoms with Crippen LogP contribution in [0.25, 0.3) is 0 Å². The molecule has 2 amide bonds. The highest BCUT2D eigenvalue weighted by molar-refractivity contribution is 9.10. The molecule has 1 saturated heterocycles. The third-order valence-corrected chi connectivity index (χ3v) is 7.23. The van der Waals surface area contributed by atoms with Gasteiger partial charge in [0.05, 0.1) is 11.1 Å². The average molecular weight is 485 g/mol. The maximum atomic E-state index is 12.5.